The number of nitrogens with zero attached hydrogens (tertiary/aromatic N) is 2. The van der Waals surface area contributed by atoms with Gasteiger partial charge < -0.3 is 16.0 Å². The van der Waals surface area contributed by atoms with Gasteiger partial charge in [0.2, 0.25) is 0 Å². The van der Waals surface area contributed by atoms with E-state index in [9.17, 15) is 0 Å². The highest BCUT2D eigenvalue weighted by Gasteiger charge is 2.08. The fourth-order valence-corrected chi connectivity index (χ4v) is 1.72. The SMILES string of the molecule is C=CCCNc1ncnc(Nc2ccccc2)c1C=N. The van der Waals surface area contributed by atoms with Gasteiger partial charge in [-0.25, -0.2) is 9.97 Å². The van der Waals surface area contributed by atoms with E-state index in [2.05, 4.69) is 27.2 Å². The van der Waals surface area contributed by atoms with Crippen LogP contribution in [-0.2, 0) is 0 Å². The first-order chi connectivity index (χ1) is 9.85. The topological polar surface area (TPSA) is 73.7 Å². The summed E-state index contributed by atoms with van der Waals surface area (Å²) in [6, 6.07) is 9.72. The minimum atomic E-state index is 0.613. The molecule has 20 heavy (non-hydrogen) atoms. The van der Waals surface area contributed by atoms with Crippen LogP contribution in [0.3, 0.4) is 0 Å². The van der Waals surface area contributed by atoms with Crippen molar-refractivity contribution >= 4 is 23.5 Å². The summed E-state index contributed by atoms with van der Waals surface area (Å²) in [7, 11) is 0. The lowest BCUT2D eigenvalue weighted by atomic mass is 10.2. The number of benzene rings is 1. The van der Waals surface area contributed by atoms with E-state index >= 15 is 0 Å². The first kappa shape index (κ1) is 13.7. The van der Waals surface area contributed by atoms with E-state index in [1.807, 2.05) is 36.4 Å². The summed E-state index contributed by atoms with van der Waals surface area (Å²) < 4.78 is 0. The molecular weight excluding hydrogens is 250 g/mol. The third-order valence-electron chi connectivity index (χ3n) is 2.71. The molecule has 102 valence electrons. The Hall–Kier alpha value is -2.69. The zero-order valence-corrected chi connectivity index (χ0v) is 11.1. The smallest absolute Gasteiger partial charge is 0.144 e. The van der Waals surface area contributed by atoms with Crippen molar-refractivity contribution in [2.75, 3.05) is 17.2 Å². The fourth-order valence-electron chi connectivity index (χ4n) is 1.72. The van der Waals surface area contributed by atoms with Gasteiger partial charge in [0.1, 0.15) is 18.0 Å². The van der Waals surface area contributed by atoms with Crippen LogP contribution < -0.4 is 10.6 Å². The van der Waals surface area contributed by atoms with Crippen molar-refractivity contribution in [3.05, 3.63) is 54.9 Å². The minimum Gasteiger partial charge on any atom is -0.369 e. The van der Waals surface area contributed by atoms with E-state index in [1.54, 1.807) is 0 Å². The van der Waals surface area contributed by atoms with E-state index in [0.29, 0.717) is 17.2 Å². The molecular formula is C15H17N5. The highest BCUT2D eigenvalue weighted by atomic mass is 15.1. The van der Waals surface area contributed by atoms with Crippen LogP contribution in [0.15, 0.2) is 49.3 Å². The monoisotopic (exact) mass is 267 g/mol. The van der Waals surface area contributed by atoms with Gasteiger partial charge in [-0.2, -0.15) is 0 Å². The fraction of sp³-hybridized carbons (Fsp3) is 0.133. The van der Waals surface area contributed by atoms with Crippen molar-refractivity contribution in [1.29, 1.82) is 5.41 Å². The van der Waals surface area contributed by atoms with Crippen LogP contribution >= 0.6 is 0 Å². The molecule has 0 radical (unpaired) electrons. The Morgan fingerprint density at radius 2 is 1.90 bits per heavy atom. The molecule has 2 rings (SSSR count). The molecule has 0 aliphatic heterocycles. The van der Waals surface area contributed by atoms with E-state index < -0.39 is 0 Å². The lowest BCUT2D eigenvalue weighted by Gasteiger charge is -2.12. The Bertz CT molecular complexity index is 580. The van der Waals surface area contributed by atoms with Crippen LogP contribution in [0, 0.1) is 5.41 Å². The van der Waals surface area contributed by atoms with Gasteiger partial charge in [-0.1, -0.05) is 24.3 Å². The van der Waals surface area contributed by atoms with Gasteiger partial charge in [-0.3, -0.25) is 0 Å². The second kappa shape index (κ2) is 7.04. The lowest BCUT2D eigenvalue weighted by molar-refractivity contribution is 1.04. The lowest BCUT2D eigenvalue weighted by Crippen LogP contribution is -2.08. The number of hydrogen-bond acceptors (Lipinski definition) is 5. The second-order valence-corrected chi connectivity index (χ2v) is 4.12. The van der Waals surface area contributed by atoms with Gasteiger partial charge >= 0.3 is 0 Å². The summed E-state index contributed by atoms with van der Waals surface area (Å²) in [6.07, 6.45) is 5.40. The third-order valence-corrected chi connectivity index (χ3v) is 2.71. The minimum absolute atomic E-state index is 0.613. The number of para-hydroxylation sites is 1. The number of aromatic nitrogens is 2. The molecule has 0 fully saturated rings. The zero-order valence-electron chi connectivity index (χ0n) is 11.1. The standard InChI is InChI=1S/C15H17N5/c1-2-3-9-17-14-13(10-16)15(19-11-18-14)20-12-7-5-4-6-8-12/h2,4-8,10-11,16H,1,3,9H2,(H2,17,18,19,20). The van der Waals surface area contributed by atoms with Crippen molar-refractivity contribution in [2.45, 2.75) is 6.42 Å². The maximum Gasteiger partial charge on any atom is 0.144 e. The highest BCUT2D eigenvalue weighted by Crippen LogP contribution is 2.21. The average molecular weight is 267 g/mol. The Kier molecular flexibility index (Phi) is 4.83. The molecule has 5 heteroatoms. The molecule has 0 unspecified atom stereocenters. The molecule has 3 N–H and O–H groups in total. The van der Waals surface area contributed by atoms with Crippen LogP contribution in [-0.4, -0.2) is 22.7 Å². The summed E-state index contributed by atoms with van der Waals surface area (Å²) in [5, 5.41) is 13.9. The van der Waals surface area contributed by atoms with E-state index in [4.69, 9.17) is 5.41 Å². The van der Waals surface area contributed by atoms with E-state index in [-0.39, 0.29) is 0 Å². The van der Waals surface area contributed by atoms with Crippen LogP contribution in [0.4, 0.5) is 17.3 Å². The molecule has 1 aromatic carbocycles. The maximum absolute atomic E-state index is 7.57. The van der Waals surface area contributed by atoms with E-state index in [0.717, 1.165) is 18.7 Å². The molecule has 0 bridgehead atoms. The predicted octanol–water partition coefficient (Wildman–Crippen LogP) is 3.21. The molecule has 5 nitrogen and oxygen atoms in total. The Labute approximate surface area is 118 Å². The quantitative estimate of drug-likeness (QED) is 0.409. The number of hydrogen-bond donors (Lipinski definition) is 3. The predicted molar refractivity (Wildman–Crippen MR) is 82.9 cm³/mol. The third kappa shape index (κ3) is 3.41. The van der Waals surface area contributed by atoms with Gasteiger partial charge in [-0.15, -0.1) is 6.58 Å². The number of nitrogens with one attached hydrogen (secondary N) is 3. The molecule has 0 amide bonds. The number of rotatable bonds is 7. The first-order valence-electron chi connectivity index (χ1n) is 6.37. The van der Waals surface area contributed by atoms with Crippen LogP contribution in [0.1, 0.15) is 12.0 Å². The maximum atomic E-state index is 7.57. The molecule has 0 aliphatic carbocycles. The van der Waals surface area contributed by atoms with Crippen LogP contribution in [0.25, 0.3) is 0 Å². The Morgan fingerprint density at radius 3 is 2.60 bits per heavy atom. The van der Waals surface area contributed by atoms with Crippen molar-refractivity contribution in [3.8, 4) is 0 Å². The van der Waals surface area contributed by atoms with Gasteiger partial charge in [0.05, 0.1) is 5.56 Å². The van der Waals surface area contributed by atoms with E-state index in [1.165, 1.54) is 12.5 Å². The molecule has 0 spiro atoms. The molecule has 2 aromatic rings. The van der Waals surface area contributed by atoms with Crippen LogP contribution in [0.2, 0.25) is 0 Å². The van der Waals surface area contributed by atoms with Gasteiger partial charge in [0.15, 0.2) is 0 Å². The van der Waals surface area contributed by atoms with Crippen molar-refractivity contribution in [2.24, 2.45) is 0 Å². The normalized spacial score (nSPS) is 9.80. The van der Waals surface area contributed by atoms with Crippen molar-refractivity contribution < 1.29 is 0 Å². The molecule has 0 atom stereocenters. The average Bonchev–Trinajstić information content (AvgIpc) is 2.49. The molecule has 0 saturated heterocycles. The molecule has 1 aromatic heterocycles. The largest absolute Gasteiger partial charge is 0.369 e. The second-order valence-electron chi connectivity index (χ2n) is 4.12. The van der Waals surface area contributed by atoms with Crippen molar-refractivity contribution in [3.63, 3.8) is 0 Å². The highest BCUT2D eigenvalue weighted by molar-refractivity contribution is 5.91. The summed E-state index contributed by atoms with van der Waals surface area (Å²) in [6.45, 7) is 4.41. The van der Waals surface area contributed by atoms with Gasteiger partial charge in [0.25, 0.3) is 0 Å². The van der Waals surface area contributed by atoms with Crippen LogP contribution in [0.5, 0.6) is 0 Å². The zero-order chi connectivity index (χ0) is 14.2. The Balaban J connectivity index is 2.22. The first-order valence-corrected chi connectivity index (χ1v) is 6.37. The Morgan fingerprint density at radius 1 is 1.15 bits per heavy atom. The molecule has 1 heterocycles. The van der Waals surface area contributed by atoms with Crippen molar-refractivity contribution in [1.82, 2.24) is 9.97 Å². The number of anilines is 3. The molecule has 0 saturated carbocycles. The van der Waals surface area contributed by atoms with Gasteiger partial charge in [-0.05, 0) is 18.6 Å². The summed E-state index contributed by atoms with van der Waals surface area (Å²) in [5.41, 5.74) is 1.56. The van der Waals surface area contributed by atoms with Gasteiger partial charge in [0, 0.05) is 18.4 Å². The molecule has 0 aliphatic rings. The summed E-state index contributed by atoms with van der Waals surface area (Å²) in [4.78, 5) is 8.38. The summed E-state index contributed by atoms with van der Waals surface area (Å²) >= 11 is 0. The summed E-state index contributed by atoms with van der Waals surface area (Å²) in [5.74, 6) is 1.26.